The molecule has 0 aromatic heterocycles. The number of rotatable bonds is 8. The van der Waals surface area contributed by atoms with E-state index < -0.39 is 0 Å². The Bertz CT molecular complexity index is 764. The van der Waals surface area contributed by atoms with E-state index in [1.807, 2.05) is 51.1 Å². The van der Waals surface area contributed by atoms with Crippen molar-refractivity contribution in [2.24, 2.45) is 0 Å². The highest BCUT2D eigenvalue weighted by Gasteiger charge is 2.18. The minimum atomic E-state index is -0.101. The zero-order valence-electron chi connectivity index (χ0n) is 15.4. The highest BCUT2D eigenvalue weighted by Crippen LogP contribution is 2.26. The third-order valence-electron chi connectivity index (χ3n) is 3.88. The zero-order chi connectivity index (χ0) is 18.9. The summed E-state index contributed by atoms with van der Waals surface area (Å²) in [6, 6.07) is 16.7. The second-order valence-electron chi connectivity index (χ2n) is 6.09. The number of ether oxygens (including phenoxy) is 2. The topological polar surface area (TPSA) is 62.6 Å². The van der Waals surface area contributed by atoms with Crippen LogP contribution in [0.25, 0.3) is 0 Å². The van der Waals surface area contributed by atoms with Gasteiger partial charge in [-0.1, -0.05) is 24.3 Å². The van der Waals surface area contributed by atoms with Crippen molar-refractivity contribution in [2.45, 2.75) is 33.4 Å². The minimum absolute atomic E-state index is 0.0314. The lowest BCUT2D eigenvalue weighted by Crippen LogP contribution is -2.39. The van der Waals surface area contributed by atoms with Gasteiger partial charge in [-0.15, -0.1) is 0 Å². The van der Waals surface area contributed by atoms with Gasteiger partial charge in [0.05, 0.1) is 18.2 Å². The molecule has 0 aliphatic carbocycles. The minimum Gasteiger partial charge on any atom is -0.490 e. The molecule has 5 nitrogen and oxygen atoms in total. The summed E-state index contributed by atoms with van der Waals surface area (Å²) < 4.78 is 11.2. The average molecular weight is 352 g/mol. The Morgan fingerprint density at radius 2 is 1.69 bits per heavy atom. The summed E-state index contributed by atoms with van der Waals surface area (Å²) in [5.41, 5.74) is 1.58. The molecule has 1 amide bonds. The van der Waals surface area contributed by atoms with Crippen molar-refractivity contribution in [3.63, 3.8) is 0 Å². The number of nitrogens with zero attached hydrogens (tertiary/aromatic N) is 2. The van der Waals surface area contributed by atoms with Crippen LogP contribution in [0.15, 0.2) is 48.5 Å². The van der Waals surface area contributed by atoms with Gasteiger partial charge in [0, 0.05) is 12.6 Å². The molecule has 2 aromatic rings. The smallest absolute Gasteiger partial charge is 0.261 e. The number of nitriles is 1. The molecule has 2 aromatic carbocycles. The molecule has 0 atom stereocenters. The van der Waals surface area contributed by atoms with E-state index in [4.69, 9.17) is 14.7 Å². The van der Waals surface area contributed by atoms with Crippen molar-refractivity contribution in [2.75, 3.05) is 13.2 Å². The van der Waals surface area contributed by atoms with Crippen LogP contribution in [0.3, 0.4) is 0 Å². The van der Waals surface area contributed by atoms with E-state index in [2.05, 4.69) is 6.07 Å². The normalized spacial score (nSPS) is 10.3. The Morgan fingerprint density at radius 3 is 2.23 bits per heavy atom. The average Bonchev–Trinajstić information content (AvgIpc) is 2.65. The molecule has 0 aliphatic rings. The van der Waals surface area contributed by atoms with Crippen LogP contribution >= 0.6 is 0 Å². The van der Waals surface area contributed by atoms with Crippen molar-refractivity contribution in [3.8, 4) is 17.6 Å². The summed E-state index contributed by atoms with van der Waals surface area (Å²) >= 11 is 0. The van der Waals surface area contributed by atoms with Gasteiger partial charge in [0.25, 0.3) is 5.91 Å². The number of benzene rings is 2. The largest absolute Gasteiger partial charge is 0.490 e. The highest BCUT2D eigenvalue weighted by molar-refractivity contribution is 5.78. The number of para-hydroxylation sites is 2. The van der Waals surface area contributed by atoms with E-state index in [-0.39, 0.29) is 18.6 Å². The third-order valence-corrected chi connectivity index (χ3v) is 3.88. The van der Waals surface area contributed by atoms with Crippen molar-refractivity contribution in [3.05, 3.63) is 59.7 Å². The van der Waals surface area contributed by atoms with Crippen molar-refractivity contribution in [1.29, 1.82) is 5.26 Å². The lowest BCUT2D eigenvalue weighted by Gasteiger charge is -2.27. The molecule has 0 bridgehead atoms. The van der Waals surface area contributed by atoms with Gasteiger partial charge in [-0.3, -0.25) is 4.79 Å². The van der Waals surface area contributed by atoms with Gasteiger partial charge in [0.1, 0.15) is 0 Å². The van der Waals surface area contributed by atoms with Gasteiger partial charge in [-0.05, 0) is 50.6 Å². The monoisotopic (exact) mass is 352 g/mol. The van der Waals surface area contributed by atoms with Crippen LogP contribution in [0.5, 0.6) is 11.5 Å². The van der Waals surface area contributed by atoms with E-state index >= 15 is 0 Å². The van der Waals surface area contributed by atoms with Gasteiger partial charge >= 0.3 is 0 Å². The first-order chi connectivity index (χ1) is 12.5. The molecule has 0 aliphatic heterocycles. The van der Waals surface area contributed by atoms with Crippen LogP contribution in [0.1, 0.15) is 31.9 Å². The summed E-state index contributed by atoms with van der Waals surface area (Å²) in [6.45, 7) is 6.79. The number of carbonyl (C=O) groups excluding carboxylic acids is 1. The first kappa shape index (κ1) is 19.3. The van der Waals surface area contributed by atoms with E-state index in [0.29, 0.717) is 30.2 Å². The van der Waals surface area contributed by atoms with Crippen LogP contribution in [0.4, 0.5) is 0 Å². The summed E-state index contributed by atoms with van der Waals surface area (Å²) in [4.78, 5) is 14.4. The molecule has 0 spiro atoms. The molecule has 5 heteroatoms. The van der Waals surface area contributed by atoms with Crippen LogP contribution in [0.2, 0.25) is 0 Å². The van der Waals surface area contributed by atoms with E-state index in [9.17, 15) is 4.79 Å². The lowest BCUT2D eigenvalue weighted by atomic mass is 10.1. The zero-order valence-corrected chi connectivity index (χ0v) is 15.4. The quantitative estimate of drug-likeness (QED) is 0.725. The van der Waals surface area contributed by atoms with Gasteiger partial charge in [-0.25, -0.2) is 0 Å². The molecule has 0 N–H and O–H groups in total. The maximum absolute atomic E-state index is 12.7. The standard InChI is InChI=1S/C21H24N2O3/c1-4-25-19-7-5-6-8-20(19)26-15-21(24)23(16(2)3)14-18-11-9-17(13-22)10-12-18/h5-12,16H,4,14-15H2,1-3H3. The van der Waals surface area contributed by atoms with Crippen molar-refractivity contribution >= 4 is 5.91 Å². The predicted octanol–water partition coefficient (Wildman–Crippen LogP) is 3.77. The Hall–Kier alpha value is -3.00. The molecular formula is C21H24N2O3. The van der Waals surface area contributed by atoms with Gasteiger partial charge in [0.15, 0.2) is 18.1 Å². The summed E-state index contributed by atoms with van der Waals surface area (Å²) in [7, 11) is 0. The predicted molar refractivity (Wildman–Crippen MR) is 99.9 cm³/mol. The fraction of sp³-hybridized carbons (Fsp3) is 0.333. The van der Waals surface area contributed by atoms with Crippen molar-refractivity contribution < 1.29 is 14.3 Å². The summed E-state index contributed by atoms with van der Waals surface area (Å²) in [5, 5.41) is 8.88. The first-order valence-corrected chi connectivity index (χ1v) is 8.68. The molecule has 0 unspecified atom stereocenters. The summed E-state index contributed by atoms with van der Waals surface area (Å²) in [5.74, 6) is 1.09. The Kier molecular flexibility index (Phi) is 7.04. The molecule has 2 rings (SSSR count). The van der Waals surface area contributed by atoms with Crippen molar-refractivity contribution in [1.82, 2.24) is 4.90 Å². The van der Waals surface area contributed by atoms with Gasteiger partial charge in [0.2, 0.25) is 0 Å². The maximum atomic E-state index is 12.7. The highest BCUT2D eigenvalue weighted by atomic mass is 16.5. The van der Waals surface area contributed by atoms with Gasteiger partial charge < -0.3 is 14.4 Å². The summed E-state index contributed by atoms with van der Waals surface area (Å²) in [6.07, 6.45) is 0. The lowest BCUT2D eigenvalue weighted by molar-refractivity contribution is -0.135. The molecule has 0 radical (unpaired) electrons. The molecule has 136 valence electrons. The Morgan fingerprint density at radius 1 is 1.08 bits per heavy atom. The number of hydrogen-bond donors (Lipinski definition) is 0. The SMILES string of the molecule is CCOc1ccccc1OCC(=O)N(Cc1ccc(C#N)cc1)C(C)C. The fourth-order valence-electron chi connectivity index (χ4n) is 2.51. The Labute approximate surface area is 154 Å². The Balaban J connectivity index is 2.03. The van der Waals surface area contributed by atoms with Crippen LogP contribution in [0, 0.1) is 11.3 Å². The number of carbonyl (C=O) groups is 1. The van der Waals surface area contributed by atoms with Crippen LogP contribution in [-0.2, 0) is 11.3 Å². The molecular weight excluding hydrogens is 328 g/mol. The second-order valence-corrected chi connectivity index (χ2v) is 6.09. The van der Waals surface area contributed by atoms with Crippen LogP contribution < -0.4 is 9.47 Å². The third kappa shape index (κ3) is 5.25. The molecule has 0 saturated carbocycles. The molecule has 26 heavy (non-hydrogen) atoms. The molecule has 0 saturated heterocycles. The first-order valence-electron chi connectivity index (χ1n) is 8.68. The maximum Gasteiger partial charge on any atom is 0.261 e. The molecule has 0 fully saturated rings. The van der Waals surface area contributed by atoms with E-state index in [1.54, 1.807) is 23.1 Å². The van der Waals surface area contributed by atoms with E-state index in [1.165, 1.54) is 0 Å². The van der Waals surface area contributed by atoms with Gasteiger partial charge in [-0.2, -0.15) is 5.26 Å². The fourth-order valence-corrected chi connectivity index (χ4v) is 2.51. The number of amides is 1. The molecule has 0 heterocycles. The second kappa shape index (κ2) is 9.47. The number of hydrogen-bond acceptors (Lipinski definition) is 4. The van der Waals surface area contributed by atoms with Crippen LogP contribution in [-0.4, -0.2) is 30.1 Å². The van der Waals surface area contributed by atoms with E-state index in [0.717, 1.165) is 5.56 Å².